The molecule has 0 spiro atoms. The van der Waals surface area contributed by atoms with Crippen LogP contribution in [0.4, 0.5) is 0 Å². The molecule has 4 rings (SSSR count). The molecule has 8 heteroatoms. The van der Waals surface area contributed by atoms with E-state index < -0.39 is 0 Å². The van der Waals surface area contributed by atoms with Gasteiger partial charge in [-0.3, -0.25) is 14.3 Å². The van der Waals surface area contributed by atoms with Gasteiger partial charge in [0.05, 0.1) is 19.7 Å². The highest BCUT2D eigenvalue weighted by atomic mass is 16.5. The van der Waals surface area contributed by atoms with E-state index in [9.17, 15) is 9.59 Å². The van der Waals surface area contributed by atoms with Crippen LogP contribution >= 0.6 is 0 Å². The predicted octanol–water partition coefficient (Wildman–Crippen LogP) is 2.92. The zero-order valence-electron chi connectivity index (χ0n) is 18.8. The average Bonchev–Trinajstić information content (AvgIpc) is 3.03. The summed E-state index contributed by atoms with van der Waals surface area (Å²) in [5.74, 6) is 2.08. The minimum absolute atomic E-state index is 0.0577. The van der Waals surface area contributed by atoms with Gasteiger partial charge in [0.15, 0.2) is 17.1 Å². The van der Waals surface area contributed by atoms with Crippen molar-refractivity contribution in [1.82, 2.24) is 19.5 Å². The molecule has 0 aliphatic heterocycles. The van der Waals surface area contributed by atoms with Gasteiger partial charge in [-0.1, -0.05) is 26.7 Å². The molecule has 166 valence electrons. The number of carbonyl (C=O) groups is 1. The van der Waals surface area contributed by atoms with Crippen LogP contribution in [0, 0.1) is 18.8 Å². The van der Waals surface area contributed by atoms with Crippen molar-refractivity contribution in [1.29, 1.82) is 0 Å². The second kappa shape index (κ2) is 8.24. The molecule has 1 fully saturated rings. The minimum atomic E-state index is -0.319. The summed E-state index contributed by atoms with van der Waals surface area (Å²) < 4.78 is 14.6. The summed E-state index contributed by atoms with van der Waals surface area (Å²) in [6.45, 7) is 6.41. The second-order valence-corrected chi connectivity index (χ2v) is 8.59. The Labute approximate surface area is 181 Å². The fourth-order valence-electron chi connectivity index (χ4n) is 4.77. The van der Waals surface area contributed by atoms with Crippen LogP contribution in [0.2, 0.25) is 0 Å². The van der Waals surface area contributed by atoms with E-state index in [2.05, 4.69) is 24.1 Å². The molecule has 1 amide bonds. The van der Waals surface area contributed by atoms with Crippen molar-refractivity contribution < 1.29 is 14.3 Å². The van der Waals surface area contributed by atoms with E-state index >= 15 is 0 Å². The van der Waals surface area contributed by atoms with E-state index in [1.165, 1.54) is 12.5 Å². The third-order valence-electron chi connectivity index (χ3n) is 6.69. The molecule has 1 N–H and O–H groups in total. The number of methoxy groups -OCH3 is 2. The summed E-state index contributed by atoms with van der Waals surface area (Å²) in [6, 6.07) is 5.27. The molecule has 3 atom stereocenters. The monoisotopic (exact) mass is 426 g/mol. The van der Waals surface area contributed by atoms with Gasteiger partial charge in [0.1, 0.15) is 6.54 Å². The molecule has 0 saturated heterocycles. The van der Waals surface area contributed by atoms with Crippen LogP contribution in [0.25, 0.3) is 16.6 Å². The van der Waals surface area contributed by atoms with E-state index in [4.69, 9.17) is 9.47 Å². The van der Waals surface area contributed by atoms with E-state index in [1.807, 2.05) is 22.2 Å². The van der Waals surface area contributed by atoms with Gasteiger partial charge in [0.25, 0.3) is 5.56 Å². The normalized spacial score (nSPS) is 21.4. The molecule has 31 heavy (non-hydrogen) atoms. The van der Waals surface area contributed by atoms with Crippen molar-refractivity contribution in [3.63, 3.8) is 0 Å². The van der Waals surface area contributed by atoms with Crippen LogP contribution in [0.5, 0.6) is 11.5 Å². The molecule has 3 aromatic rings. The largest absolute Gasteiger partial charge is 0.493 e. The average molecular weight is 427 g/mol. The van der Waals surface area contributed by atoms with E-state index in [0.29, 0.717) is 34.7 Å². The quantitative estimate of drug-likeness (QED) is 0.678. The predicted molar refractivity (Wildman–Crippen MR) is 119 cm³/mol. The van der Waals surface area contributed by atoms with Crippen LogP contribution in [-0.2, 0) is 11.3 Å². The molecular formula is C23H30N4O4. The molecule has 0 unspecified atom stereocenters. The maximum Gasteiger partial charge on any atom is 0.273 e. The first-order chi connectivity index (χ1) is 14.8. The smallest absolute Gasteiger partial charge is 0.273 e. The first kappa shape index (κ1) is 21.2. The van der Waals surface area contributed by atoms with Gasteiger partial charge < -0.3 is 14.8 Å². The zero-order valence-corrected chi connectivity index (χ0v) is 18.8. The number of nitrogens with one attached hydrogen (secondary N) is 1. The first-order valence-electron chi connectivity index (χ1n) is 10.8. The fourth-order valence-corrected chi connectivity index (χ4v) is 4.77. The van der Waals surface area contributed by atoms with Gasteiger partial charge in [0.2, 0.25) is 5.91 Å². The molecule has 0 radical (unpaired) electrons. The van der Waals surface area contributed by atoms with Crippen LogP contribution in [0.3, 0.4) is 0 Å². The number of hydrogen-bond donors (Lipinski definition) is 1. The highest BCUT2D eigenvalue weighted by Gasteiger charge is 2.28. The van der Waals surface area contributed by atoms with Crippen molar-refractivity contribution in [3.8, 4) is 11.5 Å². The second-order valence-electron chi connectivity index (χ2n) is 8.59. The number of nitrogens with zero attached hydrogens (tertiary/aromatic N) is 3. The van der Waals surface area contributed by atoms with Crippen molar-refractivity contribution in [2.45, 2.75) is 52.6 Å². The Morgan fingerprint density at radius 1 is 1.16 bits per heavy atom. The van der Waals surface area contributed by atoms with Gasteiger partial charge in [-0.2, -0.15) is 4.98 Å². The number of aromatic nitrogens is 3. The maximum absolute atomic E-state index is 13.1. The lowest BCUT2D eigenvalue weighted by molar-refractivity contribution is -0.123. The van der Waals surface area contributed by atoms with Gasteiger partial charge in [-0.25, -0.2) is 4.52 Å². The minimum Gasteiger partial charge on any atom is -0.493 e. The topological polar surface area (TPSA) is 86.9 Å². The van der Waals surface area contributed by atoms with Crippen molar-refractivity contribution >= 4 is 22.5 Å². The molecular weight excluding hydrogens is 396 g/mol. The van der Waals surface area contributed by atoms with Gasteiger partial charge in [-0.15, -0.1) is 0 Å². The number of benzene rings is 1. The number of amides is 1. The molecule has 1 saturated carbocycles. The van der Waals surface area contributed by atoms with Crippen molar-refractivity contribution in [2.75, 3.05) is 14.2 Å². The fraction of sp³-hybridized carbons (Fsp3) is 0.522. The van der Waals surface area contributed by atoms with Crippen LogP contribution in [0.15, 0.2) is 23.0 Å². The van der Waals surface area contributed by atoms with Crippen molar-refractivity contribution in [3.05, 3.63) is 34.2 Å². The molecule has 2 aromatic heterocycles. The molecule has 1 aliphatic rings. The molecule has 0 bridgehead atoms. The summed E-state index contributed by atoms with van der Waals surface area (Å²) >= 11 is 0. The summed E-state index contributed by atoms with van der Waals surface area (Å²) in [5.41, 5.74) is 1.63. The van der Waals surface area contributed by atoms with E-state index in [-0.39, 0.29) is 24.1 Å². The molecule has 1 aliphatic carbocycles. The Balaban J connectivity index is 1.80. The third kappa shape index (κ3) is 3.75. The number of hydrogen-bond acceptors (Lipinski definition) is 5. The Morgan fingerprint density at radius 3 is 2.58 bits per heavy atom. The first-order valence-corrected chi connectivity index (χ1v) is 10.8. The lowest BCUT2D eigenvalue weighted by atomic mass is 9.78. The highest BCUT2D eigenvalue weighted by Crippen LogP contribution is 2.35. The molecule has 1 aromatic carbocycles. The summed E-state index contributed by atoms with van der Waals surface area (Å²) in [7, 11) is 3.13. The molecule has 2 heterocycles. The summed E-state index contributed by atoms with van der Waals surface area (Å²) in [4.78, 5) is 29.4. The lowest BCUT2D eigenvalue weighted by Gasteiger charge is -2.34. The summed E-state index contributed by atoms with van der Waals surface area (Å²) in [6.07, 6.45) is 3.34. The van der Waals surface area contributed by atoms with Gasteiger partial charge in [0, 0.05) is 29.3 Å². The van der Waals surface area contributed by atoms with Crippen LogP contribution in [-0.4, -0.2) is 40.3 Å². The Bertz CT molecular complexity index is 1200. The SMILES string of the molecule is COc1cc2c(cc1OC)n(CC(=O)N[C@@H]1CCC[C@@H](C)[C@@H]1C)n1c(C)cc(=O)nc21. The number of ether oxygens (including phenoxy) is 2. The number of carbonyl (C=O) groups excluding carboxylic acids is 1. The Kier molecular flexibility index (Phi) is 5.64. The van der Waals surface area contributed by atoms with Crippen LogP contribution < -0.4 is 20.3 Å². The third-order valence-corrected chi connectivity index (χ3v) is 6.69. The number of fused-ring (bicyclic) bond motifs is 3. The van der Waals surface area contributed by atoms with E-state index in [0.717, 1.165) is 23.7 Å². The van der Waals surface area contributed by atoms with Gasteiger partial charge >= 0.3 is 0 Å². The summed E-state index contributed by atoms with van der Waals surface area (Å²) in [5, 5.41) is 3.97. The highest BCUT2D eigenvalue weighted by molar-refractivity contribution is 5.96. The molecule has 8 nitrogen and oxygen atoms in total. The Hall–Kier alpha value is -3.03. The number of aryl methyl sites for hydroxylation is 1. The lowest BCUT2D eigenvalue weighted by Crippen LogP contribution is -2.45. The van der Waals surface area contributed by atoms with Crippen molar-refractivity contribution in [2.24, 2.45) is 11.8 Å². The van der Waals surface area contributed by atoms with Gasteiger partial charge in [-0.05, 0) is 31.2 Å². The zero-order chi connectivity index (χ0) is 22.3. The number of rotatable bonds is 5. The maximum atomic E-state index is 13.1. The standard InChI is InChI=1S/C23H30N4O4/c1-13-7-6-8-17(15(13)3)24-22(29)12-26-18-11-20(31-5)19(30-4)10-16(18)23-25-21(28)9-14(2)27(23)26/h9-11,13,15,17H,6-8,12H2,1-5H3,(H,24,29)/t13-,15+,17-/m1/s1. The Morgan fingerprint density at radius 2 is 1.87 bits per heavy atom. The van der Waals surface area contributed by atoms with Crippen LogP contribution in [0.1, 0.15) is 38.8 Å². The van der Waals surface area contributed by atoms with E-state index in [1.54, 1.807) is 20.3 Å².